The molecule has 2 aromatic heterocycles. The van der Waals surface area contributed by atoms with Gasteiger partial charge in [-0.15, -0.1) is 0 Å². The van der Waals surface area contributed by atoms with Crippen molar-refractivity contribution in [2.24, 2.45) is 7.05 Å². The summed E-state index contributed by atoms with van der Waals surface area (Å²) in [5.41, 5.74) is 1.36. The molecule has 0 fully saturated rings. The highest BCUT2D eigenvalue weighted by atomic mass is 35.5. The van der Waals surface area contributed by atoms with Gasteiger partial charge in [0.15, 0.2) is 5.75 Å². The molecule has 0 saturated carbocycles. The number of anilines is 1. The van der Waals surface area contributed by atoms with Crippen LogP contribution in [0.25, 0.3) is 11.3 Å². The number of aromatic nitrogens is 3. The topological polar surface area (TPSA) is 103 Å². The lowest BCUT2D eigenvalue weighted by molar-refractivity contribution is 0.440. The molecular weight excluding hydrogens is 439 g/mol. The Labute approximate surface area is 177 Å². The van der Waals surface area contributed by atoms with Crippen LogP contribution in [0, 0.1) is 6.92 Å². The van der Waals surface area contributed by atoms with Crippen LogP contribution in [0.5, 0.6) is 11.8 Å². The number of benzene rings is 1. The summed E-state index contributed by atoms with van der Waals surface area (Å²) in [6.07, 6.45) is 2.57. The van der Waals surface area contributed by atoms with Crippen LogP contribution in [-0.2, 0) is 17.1 Å². The van der Waals surface area contributed by atoms with Crippen molar-refractivity contribution in [2.75, 3.05) is 11.0 Å². The second kappa shape index (κ2) is 8.02. The Kier molecular flexibility index (Phi) is 5.83. The summed E-state index contributed by atoms with van der Waals surface area (Å²) in [6, 6.07) is 7.42. The predicted molar refractivity (Wildman–Crippen MR) is 112 cm³/mol. The zero-order valence-corrected chi connectivity index (χ0v) is 17.9. The minimum Gasteiger partial charge on any atom is -0.422 e. The molecule has 0 aliphatic heterocycles. The quantitative estimate of drug-likeness (QED) is 0.631. The van der Waals surface area contributed by atoms with Crippen LogP contribution in [0.1, 0.15) is 5.56 Å². The molecule has 1 N–H and O–H groups in total. The van der Waals surface area contributed by atoms with Gasteiger partial charge in [-0.2, -0.15) is 9.97 Å². The van der Waals surface area contributed by atoms with E-state index >= 15 is 0 Å². The van der Waals surface area contributed by atoms with Gasteiger partial charge in [-0.1, -0.05) is 23.2 Å². The molecule has 3 aromatic rings. The fourth-order valence-corrected chi connectivity index (χ4v) is 3.63. The van der Waals surface area contributed by atoms with Crippen LogP contribution in [0.15, 0.2) is 41.3 Å². The van der Waals surface area contributed by atoms with E-state index in [9.17, 15) is 13.2 Å². The highest BCUT2D eigenvalue weighted by Gasteiger charge is 2.15. The smallest absolute Gasteiger partial charge is 0.324 e. The molecule has 29 heavy (non-hydrogen) atoms. The molecule has 2 heterocycles. The molecule has 0 saturated heterocycles. The van der Waals surface area contributed by atoms with Crippen molar-refractivity contribution in [3.05, 3.63) is 62.5 Å². The van der Waals surface area contributed by atoms with Gasteiger partial charge in [0, 0.05) is 36.0 Å². The van der Waals surface area contributed by atoms with E-state index in [4.69, 9.17) is 27.9 Å². The Morgan fingerprint density at radius 3 is 2.48 bits per heavy atom. The van der Waals surface area contributed by atoms with Gasteiger partial charge >= 0.3 is 6.01 Å². The number of aryl methyl sites for hydroxylation is 2. The van der Waals surface area contributed by atoms with Crippen LogP contribution in [-0.4, -0.2) is 29.2 Å². The molecule has 8 nitrogen and oxygen atoms in total. The molecular formula is C18H16Cl2N4O4S. The minimum absolute atomic E-state index is 0.00379. The van der Waals surface area contributed by atoms with Crippen LogP contribution in [0.2, 0.25) is 10.0 Å². The van der Waals surface area contributed by atoms with Gasteiger partial charge in [0.1, 0.15) is 5.82 Å². The predicted octanol–water partition coefficient (Wildman–Crippen LogP) is 3.62. The first-order chi connectivity index (χ1) is 13.5. The third kappa shape index (κ3) is 5.26. The van der Waals surface area contributed by atoms with Gasteiger partial charge in [-0.3, -0.25) is 9.52 Å². The molecule has 0 aliphatic rings. The Morgan fingerprint density at radius 2 is 1.86 bits per heavy atom. The zero-order valence-electron chi connectivity index (χ0n) is 15.6. The highest BCUT2D eigenvalue weighted by Crippen LogP contribution is 2.35. The van der Waals surface area contributed by atoms with Gasteiger partial charge < -0.3 is 9.30 Å². The summed E-state index contributed by atoms with van der Waals surface area (Å²) in [4.78, 5) is 20.1. The van der Waals surface area contributed by atoms with E-state index < -0.39 is 10.0 Å². The third-order valence-corrected chi connectivity index (χ3v) is 4.84. The molecule has 0 aliphatic carbocycles. The van der Waals surface area contributed by atoms with E-state index in [1.165, 1.54) is 22.8 Å². The maximum absolute atomic E-state index is 11.7. The van der Waals surface area contributed by atoms with Gasteiger partial charge in [0.05, 0.1) is 17.0 Å². The lowest BCUT2D eigenvalue weighted by Gasteiger charge is -2.13. The molecule has 0 radical (unpaired) electrons. The summed E-state index contributed by atoms with van der Waals surface area (Å²) >= 11 is 12.2. The molecule has 3 rings (SSSR count). The molecule has 0 unspecified atom stereocenters. The van der Waals surface area contributed by atoms with Crippen molar-refractivity contribution in [3.63, 3.8) is 0 Å². The van der Waals surface area contributed by atoms with Crippen molar-refractivity contribution in [3.8, 4) is 23.0 Å². The van der Waals surface area contributed by atoms with Gasteiger partial charge in [-0.25, -0.2) is 8.42 Å². The van der Waals surface area contributed by atoms with Crippen LogP contribution in [0.3, 0.4) is 0 Å². The van der Waals surface area contributed by atoms with Crippen molar-refractivity contribution in [2.45, 2.75) is 6.92 Å². The number of halogens is 2. The second-order valence-electron chi connectivity index (χ2n) is 6.30. The molecule has 0 atom stereocenters. The molecule has 1 aromatic carbocycles. The lowest BCUT2D eigenvalue weighted by Crippen LogP contribution is -2.14. The summed E-state index contributed by atoms with van der Waals surface area (Å²) < 4.78 is 32.8. The molecule has 0 bridgehead atoms. The second-order valence-corrected chi connectivity index (χ2v) is 8.89. The monoisotopic (exact) mass is 454 g/mol. The van der Waals surface area contributed by atoms with E-state index in [1.54, 1.807) is 32.3 Å². The molecule has 0 amide bonds. The number of ether oxygens (including phenoxy) is 1. The maximum atomic E-state index is 11.7. The normalized spacial score (nSPS) is 11.3. The van der Waals surface area contributed by atoms with Crippen LogP contribution < -0.4 is 15.0 Å². The molecule has 0 spiro atoms. The first kappa shape index (κ1) is 21.1. The number of nitrogens with one attached hydrogen (secondary N) is 1. The average Bonchev–Trinajstić information content (AvgIpc) is 2.59. The summed E-state index contributed by atoms with van der Waals surface area (Å²) in [5.74, 6) is 0.295. The summed E-state index contributed by atoms with van der Waals surface area (Å²) in [7, 11) is -2.00. The van der Waals surface area contributed by atoms with E-state index in [1.807, 2.05) is 0 Å². The minimum atomic E-state index is -3.60. The summed E-state index contributed by atoms with van der Waals surface area (Å²) in [6.45, 7) is 1.75. The van der Waals surface area contributed by atoms with E-state index in [0.29, 0.717) is 27.6 Å². The Bertz CT molecular complexity index is 1240. The maximum Gasteiger partial charge on any atom is 0.324 e. The number of hydrogen-bond acceptors (Lipinski definition) is 6. The van der Waals surface area contributed by atoms with Gasteiger partial charge in [0.25, 0.3) is 0 Å². The molecule has 152 valence electrons. The number of nitrogens with zero attached hydrogens (tertiary/aromatic N) is 3. The van der Waals surface area contributed by atoms with E-state index in [0.717, 1.165) is 6.26 Å². The Balaban J connectivity index is 2.12. The molecule has 11 heteroatoms. The number of sulfonamides is 1. The number of rotatable bonds is 5. The first-order valence-electron chi connectivity index (χ1n) is 8.19. The number of pyridine rings is 1. The lowest BCUT2D eigenvalue weighted by atomic mass is 10.2. The number of hydrogen-bond donors (Lipinski definition) is 1. The van der Waals surface area contributed by atoms with Gasteiger partial charge in [-0.05, 0) is 30.7 Å². The largest absolute Gasteiger partial charge is 0.422 e. The van der Waals surface area contributed by atoms with Crippen molar-refractivity contribution < 1.29 is 13.2 Å². The fraction of sp³-hybridized carbons (Fsp3) is 0.167. The van der Waals surface area contributed by atoms with Crippen LogP contribution >= 0.6 is 23.2 Å². The van der Waals surface area contributed by atoms with E-state index in [2.05, 4.69) is 14.7 Å². The van der Waals surface area contributed by atoms with Crippen molar-refractivity contribution in [1.82, 2.24) is 14.5 Å². The van der Waals surface area contributed by atoms with E-state index in [-0.39, 0.29) is 22.4 Å². The average molecular weight is 455 g/mol. The third-order valence-electron chi connectivity index (χ3n) is 3.76. The Hall–Kier alpha value is -2.62. The fourth-order valence-electron chi connectivity index (χ4n) is 2.52. The standard InChI is InChI=1S/C18H16Cl2N4O4S/c1-10-6-12(19)7-13(20)17(10)28-18-21-14(8-15(22-18)23-29(3,26)27)11-4-5-16(25)24(2)9-11/h4-9H,1-3H3,(H,21,22,23). The van der Waals surface area contributed by atoms with Crippen molar-refractivity contribution in [1.29, 1.82) is 0 Å². The Morgan fingerprint density at radius 1 is 1.14 bits per heavy atom. The SMILES string of the molecule is Cc1cc(Cl)cc(Cl)c1Oc1nc(NS(C)(=O)=O)cc(-c2ccc(=O)n(C)c2)n1. The summed E-state index contributed by atoms with van der Waals surface area (Å²) in [5, 5.41) is 0.697. The van der Waals surface area contributed by atoms with Crippen LogP contribution in [0.4, 0.5) is 5.82 Å². The van der Waals surface area contributed by atoms with Crippen molar-refractivity contribution >= 4 is 39.0 Å². The highest BCUT2D eigenvalue weighted by molar-refractivity contribution is 7.92. The first-order valence-corrected chi connectivity index (χ1v) is 10.8. The van der Waals surface area contributed by atoms with Gasteiger partial charge in [0.2, 0.25) is 15.6 Å². The zero-order chi connectivity index (χ0) is 21.3.